The summed E-state index contributed by atoms with van der Waals surface area (Å²) in [6, 6.07) is 7.23. The monoisotopic (exact) mass is 331 g/mol. The van der Waals surface area contributed by atoms with Crippen LogP contribution in [0.2, 0.25) is 0 Å². The molecule has 0 aliphatic heterocycles. The van der Waals surface area contributed by atoms with E-state index in [9.17, 15) is 4.79 Å². The second-order valence-electron chi connectivity index (χ2n) is 5.91. The zero-order valence-electron chi connectivity index (χ0n) is 14.5. The van der Waals surface area contributed by atoms with Crippen LogP contribution >= 0.6 is 0 Å². The van der Waals surface area contributed by atoms with Crippen molar-refractivity contribution in [2.24, 2.45) is 0 Å². The Bertz CT molecular complexity index is 637. The van der Waals surface area contributed by atoms with Crippen molar-refractivity contribution < 1.29 is 14.1 Å². The number of nitrogens with one attached hydrogen (secondary N) is 1. The van der Waals surface area contributed by atoms with Crippen molar-refractivity contribution in [3.63, 3.8) is 0 Å². The zero-order chi connectivity index (χ0) is 17.4. The van der Waals surface area contributed by atoms with Crippen molar-refractivity contribution in [3.05, 3.63) is 41.5 Å². The molecule has 2 rings (SSSR count). The summed E-state index contributed by atoms with van der Waals surface area (Å²) in [6.45, 7) is 6.18. The normalized spacial score (nSPS) is 12.0. The van der Waals surface area contributed by atoms with Gasteiger partial charge in [0, 0.05) is 18.5 Å². The Kier molecular flexibility index (Phi) is 6.78. The van der Waals surface area contributed by atoms with Gasteiger partial charge in [-0.1, -0.05) is 31.3 Å². The van der Waals surface area contributed by atoms with Gasteiger partial charge in [-0.15, -0.1) is 0 Å². The molecule has 0 saturated heterocycles. The first-order valence-corrected chi connectivity index (χ1v) is 8.41. The Hall–Kier alpha value is -2.37. The van der Waals surface area contributed by atoms with E-state index in [2.05, 4.69) is 22.4 Å². The van der Waals surface area contributed by atoms with Crippen LogP contribution in [0.3, 0.4) is 0 Å². The maximum Gasteiger partial charge on any atom is 0.251 e. The first-order chi connectivity index (χ1) is 11.6. The highest BCUT2D eigenvalue weighted by Gasteiger charge is 2.10. The van der Waals surface area contributed by atoms with Gasteiger partial charge < -0.3 is 14.6 Å². The highest BCUT2D eigenvalue weighted by molar-refractivity contribution is 5.94. The first kappa shape index (κ1) is 18.0. The van der Waals surface area contributed by atoms with Crippen molar-refractivity contribution in [3.8, 4) is 5.75 Å². The number of aryl methyl sites for hydroxylation is 1. The van der Waals surface area contributed by atoms with Crippen LogP contribution in [0.25, 0.3) is 0 Å². The molecule has 1 unspecified atom stereocenters. The summed E-state index contributed by atoms with van der Waals surface area (Å²) in [7, 11) is 0. The zero-order valence-corrected chi connectivity index (χ0v) is 14.5. The predicted molar refractivity (Wildman–Crippen MR) is 90.9 cm³/mol. The molecule has 130 valence electrons. The van der Waals surface area contributed by atoms with E-state index in [1.165, 1.54) is 12.8 Å². The van der Waals surface area contributed by atoms with E-state index in [1.807, 2.05) is 6.92 Å². The summed E-state index contributed by atoms with van der Waals surface area (Å²) in [5, 5.41) is 6.79. The summed E-state index contributed by atoms with van der Waals surface area (Å²) in [5.41, 5.74) is 0.625. The number of amides is 1. The van der Waals surface area contributed by atoms with Crippen molar-refractivity contribution >= 4 is 5.91 Å². The Morgan fingerprint density at radius 1 is 1.29 bits per heavy atom. The molecule has 1 aromatic heterocycles. The van der Waals surface area contributed by atoms with Gasteiger partial charge in [0.15, 0.2) is 6.61 Å². The summed E-state index contributed by atoms with van der Waals surface area (Å²) < 4.78 is 10.5. The van der Waals surface area contributed by atoms with Gasteiger partial charge in [-0.25, -0.2) is 0 Å². The fourth-order valence-corrected chi connectivity index (χ4v) is 2.33. The molecular formula is C18H25N3O3. The van der Waals surface area contributed by atoms with E-state index < -0.39 is 0 Å². The lowest BCUT2D eigenvalue weighted by Crippen LogP contribution is -2.32. The molecule has 1 N–H and O–H groups in total. The Morgan fingerprint density at radius 2 is 2.04 bits per heavy atom. The molecule has 24 heavy (non-hydrogen) atoms. The van der Waals surface area contributed by atoms with Gasteiger partial charge in [-0.3, -0.25) is 4.79 Å². The average Bonchev–Trinajstić information content (AvgIpc) is 2.99. The van der Waals surface area contributed by atoms with Crippen LogP contribution in [0.1, 0.15) is 61.6 Å². The topological polar surface area (TPSA) is 77.2 Å². The van der Waals surface area contributed by atoms with Gasteiger partial charge in [0.25, 0.3) is 5.91 Å². The molecule has 1 atom stereocenters. The molecule has 6 nitrogen and oxygen atoms in total. The number of benzene rings is 1. The summed E-state index contributed by atoms with van der Waals surface area (Å²) in [5.74, 6) is 1.60. The maximum absolute atomic E-state index is 12.2. The van der Waals surface area contributed by atoms with Gasteiger partial charge in [0.05, 0.1) is 0 Å². The number of ether oxygens (including phenoxy) is 1. The van der Waals surface area contributed by atoms with E-state index in [0.29, 0.717) is 23.0 Å². The molecule has 6 heteroatoms. The smallest absolute Gasteiger partial charge is 0.251 e. The molecule has 0 fully saturated rings. The van der Waals surface area contributed by atoms with Crippen LogP contribution in [0, 0.1) is 6.92 Å². The molecule has 1 aromatic carbocycles. The molecule has 0 radical (unpaired) electrons. The van der Waals surface area contributed by atoms with E-state index >= 15 is 0 Å². The number of nitrogens with zero attached hydrogens (tertiary/aromatic N) is 2. The minimum absolute atomic E-state index is 0.0562. The fourth-order valence-electron chi connectivity index (χ4n) is 2.33. The lowest BCUT2D eigenvalue weighted by atomic mass is 10.1. The minimum Gasteiger partial charge on any atom is -0.485 e. The van der Waals surface area contributed by atoms with E-state index in [4.69, 9.17) is 9.26 Å². The molecular weight excluding hydrogens is 306 g/mol. The Balaban J connectivity index is 1.81. The van der Waals surface area contributed by atoms with Gasteiger partial charge in [0.2, 0.25) is 11.7 Å². The number of rotatable bonds is 9. The third-order valence-electron chi connectivity index (χ3n) is 3.67. The number of hydrogen-bond donors (Lipinski definition) is 1. The SMILES string of the molecule is CCCCCC(C)NC(=O)c1ccc(OCc2noc(C)n2)cc1. The van der Waals surface area contributed by atoms with Crippen LogP contribution in [0.15, 0.2) is 28.8 Å². The van der Waals surface area contributed by atoms with Crippen LogP contribution in [0.4, 0.5) is 0 Å². The van der Waals surface area contributed by atoms with Crippen molar-refractivity contribution in [1.29, 1.82) is 0 Å². The largest absolute Gasteiger partial charge is 0.485 e. The minimum atomic E-state index is -0.0562. The predicted octanol–water partition coefficient (Wildman–Crippen LogP) is 3.66. The summed E-state index contributed by atoms with van der Waals surface area (Å²) >= 11 is 0. The number of aromatic nitrogens is 2. The molecule has 0 spiro atoms. The third-order valence-corrected chi connectivity index (χ3v) is 3.67. The number of carbonyl (C=O) groups is 1. The lowest BCUT2D eigenvalue weighted by molar-refractivity contribution is 0.0938. The van der Waals surface area contributed by atoms with E-state index in [1.54, 1.807) is 31.2 Å². The van der Waals surface area contributed by atoms with Gasteiger partial charge in [-0.05, 0) is 37.6 Å². The number of unbranched alkanes of at least 4 members (excludes halogenated alkanes) is 2. The van der Waals surface area contributed by atoms with Crippen molar-refractivity contribution in [2.75, 3.05) is 0 Å². The van der Waals surface area contributed by atoms with Crippen LogP contribution in [-0.2, 0) is 6.61 Å². The molecule has 1 amide bonds. The Labute approximate surface area is 142 Å². The highest BCUT2D eigenvalue weighted by Crippen LogP contribution is 2.14. The maximum atomic E-state index is 12.2. The highest BCUT2D eigenvalue weighted by atomic mass is 16.5. The standard InChI is InChI=1S/C18H25N3O3/c1-4-5-6-7-13(2)19-18(22)15-8-10-16(11-9-15)23-12-17-20-14(3)24-21-17/h8-11,13H,4-7,12H2,1-3H3,(H,19,22). The molecule has 1 heterocycles. The third kappa shape index (κ3) is 5.68. The van der Waals surface area contributed by atoms with Crippen LogP contribution < -0.4 is 10.1 Å². The molecule has 0 aliphatic carbocycles. The van der Waals surface area contributed by atoms with Crippen molar-refractivity contribution in [2.45, 2.75) is 59.1 Å². The van der Waals surface area contributed by atoms with Crippen LogP contribution in [0.5, 0.6) is 5.75 Å². The summed E-state index contributed by atoms with van der Waals surface area (Å²) in [6.07, 6.45) is 4.53. The number of carbonyl (C=O) groups excluding carboxylic acids is 1. The molecule has 0 aliphatic rings. The van der Waals surface area contributed by atoms with Gasteiger partial charge in [-0.2, -0.15) is 4.98 Å². The lowest BCUT2D eigenvalue weighted by Gasteiger charge is -2.13. The second-order valence-corrected chi connectivity index (χ2v) is 5.91. The first-order valence-electron chi connectivity index (χ1n) is 8.41. The fraction of sp³-hybridized carbons (Fsp3) is 0.500. The quantitative estimate of drug-likeness (QED) is 0.710. The number of hydrogen-bond acceptors (Lipinski definition) is 5. The van der Waals surface area contributed by atoms with Gasteiger partial charge in [0.1, 0.15) is 5.75 Å². The molecule has 2 aromatic rings. The van der Waals surface area contributed by atoms with Gasteiger partial charge >= 0.3 is 0 Å². The Morgan fingerprint density at radius 3 is 2.67 bits per heavy atom. The average molecular weight is 331 g/mol. The van der Waals surface area contributed by atoms with Crippen molar-refractivity contribution in [1.82, 2.24) is 15.5 Å². The van der Waals surface area contributed by atoms with E-state index in [-0.39, 0.29) is 18.6 Å². The van der Waals surface area contributed by atoms with Crippen LogP contribution in [-0.4, -0.2) is 22.1 Å². The molecule has 0 bridgehead atoms. The summed E-state index contributed by atoms with van der Waals surface area (Å²) in [4.78, 5) is 16.3. The van der Waals surface area contributed by atoms with E-state index in [0.717, 1.165) is 12.8 Å². The second kappa shape index (κ2) is 9.05. The molecule has 0 saturated carbocycles.